The molecule has 0 N–H and O–H groups in total. The van der Waals surface area contributed by atoms with E-state index in [4.69, 9.17) is 9.47 Å². The van der Waals surface area contributed by atoms with Crippen LogP contribution in [-0.4, -0.2) is 25.2 Å². The van der Waals surface area contributed by atoms with Gasteiger partial charge in [-0.15, -0.1) is 0 Å². The Morgan fingerprint density at radius 1 is 0.667 bits per heavy atom. The lowest BCUT2D eigenvalue weighted by molar-refractivity contribution is -0.160. The molecule has 0 aliphatic heterocycles. The Labute approximate surface area is 167 Å². The van der Waals surface area contributed by atoms with Crippen molar-refractivity contribution in [1.82, 2.24) is 0 Å². The van der Waals surface area contributed by atoms with Gasteiger partial charge in [-0.3, -0.25) is 9.59 Å². The Kier molecular flexibility index (Phi) is 13.5. The molecule has 0 atom stereocenters. The van der Waals surface area contributed by atoms with Crippen molar-refractivity contribution in [3.8, 4) is 0 Å². The zero-order valence-corrected chi connectivity index (χ0v) is 18.8. The van der Waals surface area contributed by atoms with E-state index < -0.39 is 5.41 Å². The van der Waals surface area contributed by atoms with Crippen molar-refractivity contribution in [2.45, 2.75) is 112 Å². The number of unbranched alkanes of at least 4 members (excludes halogenated alkanes) is 8. The van der Waals surface area contributed by atoms with Gasteiger partial charge in [0.25, 0.3) is 0 Å². The summed E-state index contributed by atoms with van der Waals surface area (Å²) < 4.78 is 10.2. The van der Waals surface area contributed by atoms with Gasteiger partial charge in [0.05, 0.1) is 18.6 Å². The maximum Gasteiger partial charge on any atom is 0.312 e. The summed E-state index contributed by atoms with van der Waals surface area (Å²) in [5, 5.41) is 0. The molecule has 0 heterocycles. The number of rotatable bonds is 16. The molecule has 0 aliphatic rings. The van der Waals surface area contributed by atoms with Gasteiger partial charge in [-0.25, -0.2) is 0 Å². The highest BCUT2D eigenvalue weighted by Crippen LogP contribution is 2.43. The second-order valence-electron chi connectivity index (χ2n) is 8.72. The average molecular weight is 385 g/mol. The number of hydrogen-bond acceptors (Lipinski definition) is 4. The molecular weight excluding hydrogens is 340 g/mol. The monoisotopic (exact) mass is 384 g/mol. The predicted molar refractivity (Wildman–Crippen MR) is 112 cm³/mol. The molecule has 160 valence electrons. The van der Waals surface area contributed by atoms with E-state index in [1.54, 1.807) is 0 Å². The van der Waals surface area contributed by atoms with Crippen LogP contribution in [0.4, 0.5) is 0 Å². The molecular formula is C23H44O4. The van der Waals surface area contributed by atoms with Gasteiger partial charge in [0.2, 0.25) is 0 Å². The molecule has 0 aromatic carbocycles. The van der Waals surface area contributed by atoms with Crippen molar-refractivity contribution < 1.29 is 19.1 Å². The second kappa shape index (κ2) is 14.0. The predicted octanol–water partition coefficient (Wildman–Crippen LogP) is 6.46. The molecule has 0 rings (SSSR count). The van der Waals surface area contributed by atoms with Crippen LogP contribution in [0.15, 0.2) is 0 Å². The molecule has 0 saturated carbocycles. The first-order valence-corrected chi connectivity index (χ1v) is 11.0. The van der Waals surface area contributed by atoms with E-state index in [0.29, 0.717) is 19.6 Å². The van der Waals surface area contributed by atoms with Crippen LogP contribution in [0.5, 0.6) is 0 Å². The van der Waals surface area contributed by atoms with Crippen LogP contribution in [0, 0.1) is 10.8 Å². The van der Waals surface area contributed by atoms with E-state index in [0.717, 1.165) is 25.7 Å². The fourth-order valence-electron chi connectivity index (χ4n) is 3.21. The molecule has 0 spiro atoms. The Balaban J connectivity index is 3.71. The van der Waals surface area contributed by atoms with Gasteiger partial charge in [0.15, 0.2) is 0 Å². The third-order valence-electron chi connectivity index (χ3n) is 5.97. The fourth-order valence-corrected chi connectivity index (χ4v) is 3.21. The molecule has 0 saturated heterocycles. The SMILES string of the molecule is CCOC(=O)CCCCCCCCCCCC(C)(C)C(C)(C)C(=O)OCC. The zero-order chi connectivity index (χ0) is 20.8. The van der Waals surface area contributed by atoms with Crippen LogP contribution in [0.2, 0.25) is 0 Å². The van der Waals surface area contributed by atoms with Crippen molar-refractivity contribution in [2.75, 3.05) is 13.2 Å². The van der Waals surface area contributed by atoms with E-state index in [1.807, 2.05) is 27.7 Å². The molecule has 4 nitrogen and oxygen atoms in total. The highest BCUT2D eigenvalue weighted by Gasteiger charge is 2.43. The first kappa shape index (κ1) is 25.9. The minimum atomic E-state index is -0.452. The second-order valence-corrected chi connectivity index (χ2v) is 8.72. The van der Waals surface area contributed by atoms with Crippen molar-refractivity contribution in [2.24, 2.45) is 10.8 Å². The quantitative estimate of drug-likeness (QED) is 0.226. The summed E-state index contributed by atoms with van der Waals surface area (Å²) >= 11 is 0. The smallest absolute Gasteiger partial charge is 0.312 e. The van der Waals surface area contributed by atoms with E-state index >= 15 is 0 Å². The molecule has 0 aliphatic carbocycles. The summed E-state index contributed by atoms with van der Waals surface area (Å²) in [7, 11) is 0. The lowest BCUT2D eigenvalue weighted by Gasteiger charge is -2.39. The topological polar surface area (TPSA) is 52.6 Å². The molecule has 0 aromatic rings. The van der Waals surface area contributed by atoms with Crippen molar-refractivity contribution in [1.29, 1.82) is 0 Å². The molecule has 0 radical (unpaired) electrons. The van der Waals surface area contributed by atoms with E-state index in [1.165, 1.54) is 38.5 Å². The van der Waals surface area contributed by atoms with E-state index in [9.17, 15) is 9.59 Å². The molecule has 0 unspecified atom stereocenters. The van der Waals surface area contributed by atoms with Crippen LogP contribution in [0.3, 0.4) is 0 Å². The Morgan fingerprint density at radius 2 is 1.11 bits per heavy atom. The first-order chi connectivity index (χ1) is 12.7. The minimum absolute atomic E-state index is 0.0574. The maximum absolute atomic E-state index is 12.2. The highest BCUT2D eigenvalue weighted by atomic mass is 16.5. The number of carbonyl (C=O) groups is 2. The van der Waals surface area contributed by atoms with Crippen LogP contribution in [0.25, 0.3) is 0 Å². The van der Waals surface area contributed by atoms with Gasteiger partial charge in [0.1, 0.15) is 0 Å². The summed E-state index contributed by atoms with van der Waals surface area (Å²) in [6.07, 6.45) is 12.3. The summed E-state index contributed by atoms with van der Waals surface area (Å²) in [5.74, 6) is -0.149. The van der Waals surface area contributed by atoms with Crippen molar-refractivity contribution in [3.05, 3.63) is 0 Å². The standard InChI is InChI=1S/C23H44O4/c1-7-26-20(24)18-16-14-12-10-9-11-13-15-17-19-22(3,4)23(5,6)21(25)27-8-2/h7-19H2,1-6H3. The summed E-state index contributed by atoms with van der Waals surface area (Å²) in [5.41, 5.74) is -0.509. The van der Waals surface area contributed by atoms with Crippen LogP contribution in [0.1, 0.15) is 112 Å². The van der Waals surface area contributed by atoms with Crippen molar-refractivity contribution >= 4 is 11.9 Å². The fraction of sp³-hybridized carbons (Fsp3) is 0.913. The van der Waals surface area contributed by atoms with Gasteiger partial charge in [-0.05, 0) is 46.0 Å². The maximum atomic E-state index is 12.2. The number of carbonyl (C=O) groups excluding carboxylic acids is 2. The molecule has 0 amide bonds. The number of hydrogen-bond donors (Lipinski definition) is 0. The van der Waals surface area contributed by atoms with Gasteiger partial charge in [0, 0.05) is 6.42 Å². The molecule has 4 heteroatoms. The van der Waals surface area contributed by atoms with Crippen LogP contribution < -0.4 is 0 Å². The van der Waals surface area contributed by atoms with E-state index in [-0.39, 0.29) is 17.4 Å². The van der Waals surface area contributed by atoms with Gasteiger partial charge in [-0.2, -0.15) is 0 Å². The third-order valence-corrected chi connectivity index (χ3v) is 5.97. The molecule has 0 aromatic heterocycles. The Bertz CT molecular complexity index is 413. The Hall–Kier alpha value is -1.06. The van der Waals surface area contributed by atoms with Gasteiger partial charge >= 0.3 is 11.9 Å². The normalized spacial score (nSPS) is 12.1. The van der Waals surface area contributed by atoms with Gasteiger partial charge in [-0.1, -0.05) is 65.2 Å². The summed E-state index contributed by atoms with van der Waals surface area (Å²) in [6, 6.07) is 0. The van der Waals surface area contributed by atoms with E-state index in [2.05, 4.69) is 13.8 Å². The lowest BCUT2D eigenvalue weighted by atomic mass is 9.65. The van der Waals surface area contributed by atoms with Crippen LogP contribution in [-0.2, 0) is 19.1 Å². The van der Waals surface area contributed by atoms with Crippen molar-refractivity contribution in [3.63, 3.8) is 0 Å². The number of esters is 2. The lowest BCUT2D eigenvalue weighted by Crippen LogP contribution is -2.40. The zero-order valence-electron chi connectivity index (χ0n) is 18.8. The minimum Gasteiger partial charge on any atom is -0.466 e. The summed E-state index contributed by atoms with van der Waals surface area (Å²) in [6.45, 7) is 13.0. The number of ether oxygens (including phenoxy) is 2. The largest absolute Gasteiger partial charge is 0.466 e. The molecule has 0 bridgehead atoms. The summed E-state index contributed by atoms with van der Waals surface area (Å²) in [4.78, 5) is 23.4. The first-order valence-electron chi connectivity index (χ1n) is 11.0. The van der Waals surface area contributed by atoms with Crippen LogP contribution >= 0.6 is 0 Å². The Morgan fingerprint density at radius 3 is 1.59 bits per heavy atom. The highest BCUT2D eigenvalue weighted by molar-refractivity contribution is 5.76. The van der Waals surface area contributed by atoms with Gasteiger partial charge < -0.3 is 9.47 Å². The molecule has 27 heavy (non-hydrogen) atoms. The average Bonchev–Trinajstić information content (AvgIpc) is 2.59. The molecule has 0 fully saturated rings. The third kappa shape index (κ3) is 10.8.